The van der Waals surface area contributed by atoms with Gasteiger partial charge in [-0.1, -0.05) is 0 Å². The summed E-state index contributed by atoms with van der Waals surface area (Å²) < 4.78 is 5.30. The summed E-state index contributed by atoms with van der Waals surface area (Å²) in [5.74, 6) is 1.87. The maximum absolute atomic E-state index is 5.67. The van der Waals surface area contributed by atoms with E-state index in [1.807, 2.05) is 26.8 Å². The molecule has 0 radical (unpaired) electrons. The van der Waals surface area contributed by atoms with Gasteiger partial charge in [-0.25, -0.2) is 0 Å². The molecule has 0 saturated heterocycles. The molecule has 10 heavy (non-hydrogen) atoms. The third-order valence-electron chi connectivity index (χ3n) is 1.57. The van der Waals surface area contributed by atoms with E-state index in [9.17, 15) is 0 Å². The molecule has 0 saturated carbocycles. The molecule has 0 aliphatic rings. The summed E-state index contributed by atoms with van der Waals surface area (Å²) in [6.45, 7) is 5.82. The Balaban J connectivity index is 3.03. The second-order valence-corrected chi connectivity index (χ2v) is 2.66. The first kappa shape index (κ1) is 7.35. The van der Waals surface area contributed by atoms with E-state index in [0.29, 0.717) is 0 Å². The van der Waals surface area contributed by atoms with Gasteiger partial charge in [-0.15, -0.1) is 0 Å². The summed E-state index contributed by atoms with van der Waals surface area (Å²) in [5.41, 5.74) is 6.78. The minimum absolute atomic E-state index is 0.0810. The van der Waals surface area contributed by atoms with Crippen molar-refractivity contribution in [2.75, 3.05) is 0 Å². The second-order valence-electron chi connectivity index (χ2n) is 2.66. The molecule has 2 nitrogen and oxygen atoms in total. The first-order valence-corrected chi connectivity index (χ1v) is 3.43. The van der Waals surface area contributed by atoms with Crippen LogP contribution in [0.2, 0.25) is 0 Å². The van der Waals surface area contributed by atoms with Crippen LogP contribution in [0.5, 0.6) is 0 Å². The second kappa shape index (κ2) is 2.46. The third-order valence-corrected chi connectivity index (χ3v) is 1.57. The molecule has 56 valence electrons. The van der Waals surface area contributed by atoms with E-state index >= 15 is 0 Å². The van der Waals surface area contributed by atoms with Crippen molar-refractivity contribution >= 4 is 0 Å². The first-order chi connectivity index (χ1) is 4.61. The summed E-state index contributed by atoms with van der Waals surface area (Å²) >= 11 is 0. The molecule has 0 bridgehead atoms. The Kier molecular flexibility index (Phi) is 1.81. The maximum Gasteiger partial charge on any atom is 0.105 e. The number of hydrogen-bond donors (Lipinski definition) is 1. The fraction of sp³-hybridized carbons (Fsp3) is 0.500. The lowest BCUT2D eigenvalue weighted by Gasteiger charge is -1.99. The monoisotopic (exact) mass is 139 g/mol. The number of rotatable bonds is 1. The van der Waals surface area contributed by atoms with Gasteiger partial charge in [0.25, 0.3) is 0 Å². The van der Waals surface area contributed by atoms with Crippen LogP contribution >= 0.6 is 0 Å². The summed E-state index contributed by atoms with van der Waals surface area (Å²) in [5, 5.41) is 0. The molecule has 2 N–H and O–H groups in total. The fourth-order valence-electron chi connectivity index (χ4n) is 1.10. The van der Waals surface area contributed by atoms with Gasteiger partial charge in [0.1, 0.15) is 11.5 Å². The number of aryl methyl sites for hydroxylation is 2. The molecular formula is C8H13NO. The molecule has 0 fully saturated rings. The van der Waals surface area contributed by atoms with E-state index in [0.717, 1.165) is 17.1 Å². The van der Waals surface area contributed by atoms with Gasteiger partial charge in [-0.2, -0.15) is 0 Å². The van der Waals surface area contributed by atoms with Crippen LogP contribution in [0.15, 0.2) is 10.5 Å². The average Bonchev–Trinajstić information content (AvgIpc) is 2.10. The van der Waals surface area contributed by atoms with Crippen molar-refractivity contribution in [2.45, 2.75) is 26.8 Å². The van der Waals surface area contributed by atoms with E-state index in [-0.39, 0.29) is 6.04 Å². The zero-order valence-corrected chi connectivity index (χ0v) is 6.64. The SMILES string of the molecule is Cc1cc(C(C)N)c(C)o1. The first-order valence-electron chi connectivity index (χ1n) is 3.43. The standard InChI is InChI=1S/C8H13NO/c1-5-4-8(6(2)9)7(3)10-5/h4,6H,9H2,1-3H3. The van der Waals surface area contributed by atoms with Crippen LogP contribution in [0, 0.1) is 13.8 Å². The molecule has 1 aromatic heterocycles. The normalized spacial score (nSPS) is 13.6. The van der Waals surface area contributed by atoms with E-state index in [4.69, 9.17) is 10.2 Å². The van der Waals surface area contributed by atoms with E-state index < -0.39 is 0 Å². The van der Waals surface area contributed by atoms with Crippen molar-refractivity contribution in [2.24, 2.45) is 5.73 Å². The number of nitrogens with two attached hydrogens (primary N) is 1. The van der Waals surface area contributed by atoms with Crippen LogP contribution in [-0.4, -0.2) is 0 Å². The highest BCUT2D eigenvalue weighted by atomic mass is 16.3. The highest BCUT2D eigenvalue weighted by molar-refractivity contribution is 5.22. The van der Waals surface area contributed by atoms with Crippen molar-refractivity contribution in [1.29, 1.82) is 0 Å². The highest BCUT2D eigenvalue weighted by Crippen LogP contribution is 2.18. The minimum Gasteiger partial charge on any atom is -0.466 e. The Morgan fingerprint density at radius 3 is 2.30 bits per heavy atom. The molecule has 0 aromatic carbocycles. The maximum atomic E-state index is 5.67. The molecule has 1 unspecified atom stereocenters. The molecule has 0 spiro atoms. The van der Waals surface area contributed by atoms with Gasteiger partial charge in [0.05, 0.1) is 0 Å². The summed E-state index contributed by atoms with van der Waals surface area (Å²) in [6.07, 6.45) is 0. The highest BCUT2D eigenvalue weighted by Gasteiger charge is 2.07. The topological polar surface area (TPSA) is 39.2 Å². The molecule has 1 rings (SSSR count). The van der Waals surface area contributed by atoms with Crippen LogP contribution in [-0.2, 0) is 0 Å². The van der Waals surface area contributed by atoms with Gasteiger partial charge in [0, 0.05) is 11.6 Å². The lowest BCUT2D eigenvalue weighted by atomic mass is 10.1. The predicted molar refractivity (Wildman–Crippen MR) is 40.8 cm³/mol. The molecule has 0 aliphatic heterocycles. The van der Waals surface area contributed by atoms with E-state index in [2.05, 4.69) is 0 Å². The number of hydrogen-bond acceptors (Lipinski definition) is 2. The van der Waals surface area contributed by atoms with Crippen molar-refractivity contribution in [3.63, 3.8) is 0 Å². The van der Waals surface area contributed by atoms with Gasteiger partial charge in [-0.05, 0) is 26.8 Å². The van der Waals surface area contributed by atoms with Crippen LogP contribution in [0.3, 0.4) is 0 Å². The van der Waals surface area contributed by atoms with Crippen molar-refractivity contribution in [3.05, 3.63) is 23.2 Å². The molecule has 0 aliphatic carbocycles. The molecule has 1 aromatic rings. The lowest BCUT2D eigenvalue weighted by molar-refractivity contribution is 0.499. The van der Waals surface area contributed by atoms with E-state index in [1.165, 1.54) is 0 Å². The Morgan fingerprint density at radius 1 is 1.50 bits per heavy atom. The zero-order chi connectivity index (χ0) is 7.72. The lowest BCUT2D eigenvalue weighted by Crippen LogP contribution is -2.04. The molecular weight excluding hydrogens is 126 g/mol. The summed E-state index contributed by atoms with van der Waals surface area (Å²) in [6, 6.07) is 2.07. The van der Waals surface area contributed by atoms with Gasteiger partial charge in [0.15, 0.2) is 0 Å². The Bertz CT molecular complexity index is 225. The van der Waals surface area contributed by atoms with Crippen molar-refractivity contribution in [1.82, 2.24) is 0 Å². The fourth-order valence-corrected chi connectivity index (χ4v) is 1.10. The van der Waals surface area contributed by atoms with Gasteiger partial charge in [0.2, 0.25) is 0 Å². The number of furan rings is 1. The van der Waals surface area contributed by atoms with Gasteiger partial charge in [-0.3, -0.25) is 0 Å². The molecule has 0 amide bonds. The third kappa shape index (κ3) is 1.21. The van der Waals surface area contributed by atoms with E-state index in [1.54, 1.807) is 0 Å². The summed E-state index contributed by atoms with van der Waals surface area (Å²) in [4.78, 5) is 0. The van der Waals surface area contributed by atoms with Gasteiger partial charge < -0.3 is 10.2 Å². The average molecular weight is 139 g/mol. The van der Waals surface area contributed by atoms with Crippen LogP contribution in [0.4, 0.5) is 0 Å². The quantitative estimate of drug-likeness (QED) is 0.645. The van der Waals surface area contributed by atoms with Crippen LogP contribution in [0.25, 0.3) is 0 Å². The zero-order valence-electron chi connectivity index (χ0n) is 6.64. The Morgan fingerprint density at radius 2 is 2.10 bits per heavy atom. The Labute approximate surface area is 61.0 Å². The van der Waals surface area contributed by atoms with Crippen LogP contribution < -0.4 is 5.73 Å². The van der Waals surface area contributed by atoms with Crippen LogP contribution in [0.1, 0.15) is 30.0 Å². The molecule has 1 atom stereocenters. The smallest absolute Gasteiger partial charge is 0.105 e. The molecule has 2 heteroatoms. The summed E-state index contributed by atoms with van der Waals surface area (Å²) in [7, 11) is 0. The van der Waals surface area contributed by atoms with Crippen molar-refractivity contribution in [3.8, 4) is 0 Å². The predicted octanol–water partition coefficient (Wildman–Crippen LogP) is 1.92. The van der Waals surface area contributed by atoms with Gasteiger partial charge >= 0.3 is 0 Å². The van der Waals surface area contributed by atoms with Crippen molar-refractivity contribution < 1.29 is 4.42 Å². The largest absolute Gasteiger partial charge is 0.466 e. The molecule has 1 heterocycles. The minimum atomic E-state index is 0.0810. The Hall–Kier alpha value is -0.760.